The lowest BCUT2D eigenvalue weighted by Crippen LogP contribution is -2.39. The van der Waals surface area contributed by atoms with Gasteiger partial charge in [0.2, 0.25) is 5.91 Å². The van der Waals surface area contributed by atoms with Crippen LogP contribution in [0, 0.1) is 5.82 Å². The number of hydrogen-bond donors (Lipinski definition) is 2. The molecule has 2 aliphatic heterocycles. The number of aromatic amines is 1. The largest absolute Gasteiger partial charge is 0.384 e. The van der Waals surface area contributed by atoms with Crippen LogP contribution in [0.3, 0.4) is 0 Å². The Morgan fingerprint density at radius 2 is 2.02 bits per heavy atom. The topological polar surface area (TPSA) is 149 Å². The van der Waals surface area contributed by atoms with Crippen LogP contribution in [0.15, 0.2) is 61.3 Å². The molecule has 0 unspecified atom stereocenters. The number of hydrogen-bond acceptors (Lipinski definition) is 8. The van der Waals surface area contributed by atoms with E-state index in [0.717, 1.165) is 17.7 Å². The van der Waals surface area contributed by atoms with E-state index >= 15 is 4.39 Å². The number of halogens is 2. The molecule has 3 N–H and O–H groups in total. The number of anilines is 1. The highest BCUT2D eigenvalue weighted by Crippen LogP contribution is 2.44. The molecule has 1 saturated heterocycles. The first-order chi connectivity index (χ1) is 19.5. The number of imidazole rings is 1. The summed E-state index contributed by atoms with van der Waals surface area (Å²) >= 11 is 6.13. The molecular formula is C26H21ClFN11O. The number of aromatic nitrogens is 9. The van der Waals surface area contributed by atoms with Crippen molar-refractivity contribution in [1.29, 1.82) is 0 Å². The molecular weight excluding hydrogens is 537 g/mol. The van der Waals surface area contributed by atoms with Gasteiger partial charge in [0.1, 0.15) is 18.0 Å². The monoisotopic (exact) mass is 557 g/mol. The van der Waals surface area contributed by atoms with Gasteiger partial charge < -0.3 is 15.6 Å². The number of fused-ring (bicyclic) bond motifs is 1. The zero-order chi connectivity index (χ0) is 27.4. The second-order valence-corrected chi connectivity index (χ2v) is 10.0. The maximum absolute atomic E-state index is 15.3. The first-order valence-electron chi connectivity index (χ1n) is 12.5. The fourth-order valence-electron chi connectivity index (χ4n) is 5.56. The number of H-pyrrole nitrogens is 1. The summed E-state index contributed by atoms with van der Waals surface area (Å²) in [5, 5.41) is 15.4. The standard InChI is InChI=1S/C26H21ClFN11O/c27-17-2-4-19(37-13-32-35-36-37)24(25(17)28)15-9-16-1-3-20(38(16)23(40)11-15)26-31-12-18(34-26)14-5-7-30-22(10-14)39-21(29)6-8-33-39/h2,4-8,10-13,16,20H,1,3,9,29H2,(H,31,34)/t16-,20-/m1/s1. The normalized spacial score (nSPS) is 18.7. The fraction of sp³-hybridized carbons (Fsp3) is 0.192. The second kappa shape index (κ2) is 9.38. The van der Waals surface area contributed by atoms with E-state index in [-0.39, 0.29) is 28.6 Å². The maximum Gasteiger partial charge on any atom is 0.247 e. The predicted molar refractivity (Wildman–Crippen MR) is 143 cm³/mol. The van der Waals surface area contributed by atoms with Crippen molar-refractivity contribution in [2.45, 2.75) is 31.3 Å². The Hall–Kier alpha value is -4.91. The van der Waals surface area contributed by atoms with Crippen LogP contribution in [0.2, 0.25) is 5.02 Å². The molecule has 2 aliphatic rings. The van der Waals surface area contributed by atoms with Crippen molar-refractivity contribution in [2.24, 2.45) is 0 Å². The van der Waals surface area contributed by atoms with E-state index in [9.17, 15) is 4.79 Å². The molecule has 200 valence electrons. The van der Waals surface area contributed by atoms with Gasteiger partial charge in [-0.3, -0.25) is 4.79 Å². The Morgan fingerprint density at radius 3 is 2.83 bits per heavy atom. The Balaban J connectivity index is 1.18. The summed E-state index contributed by atoms with van der Waals surface area (Å²) in [7, 11) is 0. The number of tetrazole rings is 1. The van der Waals surface area contributed by atoms with E-state index in [0.29, 0.717) is 41.6 Å². The summed E-state index contributed by atoms with van der Waals surface area (Å²) < 4.78 is 18.3. The molecule has 0 saturated carbocycles. The van der Waals surface area contributed by atoms with E-state index in [2.05, 4.69) is 35.6 Å². The van der Waals surface area contributed by atoms with Crippen LogP contribution in [-0.2, 0) is 4.79 Å². The van der Waals surface area contributed by atoms with Crippen molar-refractivity contribution in [3.8, 4) is 22.8 Å². The Morgan fingerprint density at radius 1 is 1.12 bits per heavy atom. The Labute approximate surface area is 231 Å². The van der Waals surface area contributed by atoms with Gasteiger partial charge in [0.05, 0.1) is 34.8 Å². The Bertz CT molecular complexity index is 1780. The van der Waals surface area contributed by atoms with E-state index in [4.69, 9.17) is 17.3 Å². The third kappa shape index (κ3) is 3.93. The number of carbonyl (C=O) groups is 1. The third-order valence-electron chi connectivity index (χ3n) is 7.36. The average Bonchev–Trinajstić information content (AvgIpc) is 3.77. The minimum atomic E-state index is -0.610. The van der Waals surface area contributed by atoms with Crippen LogP contribution in [0.4, 0.5) is 10.2 Å². The first kappa shape index (κ1) is 24.2. The zero-order valence-corrected chi connectivity index (χ0v) is 21.6. The second-order valence-electron chi connectivity index (χ2n) is 9.63. The highest BCUT2D eigenvalue weighted by molar-refractivity contribution is 6.31. The number of carbonyl (C=O) groups excluding carboxylic acids is 1. The van der Waals surface area contributed by atoms with Crippen molar-refractivity contribution < 1.29 is 9.18 Å². The summed E-state index contributed by atoms with van der Waals surface area (Å²) in [4.78, 5) is 27.7. The number of nitrogens with one attached hydrogen (secondary N) is 1. The summed E-state index contributed by atoms with van der Waals surface area (Å²) in [6, 6.07) is 8.15. The highest BCUT2D eigenvalue weighted by atomic mass is 35.5. The lowest BCUT2D eigenvalue weighted by Gasteiger charge is -2.33. The number of rotatable bonds is 5. The van der Waals surface area contributed by atoms with Crippen molar-refractivity contribution in [1.82, 2.24) is 49.8 Å². The van der Waals surface area contributed by atoms with Gasteiger partial charge in [-0.2, -0.15) is 14.5 Å². The number of nitrogens with two attached hydrogens (primary N) is 1. The lowest BCUT2D eigenvalue weighted by atomic mass is 9.92. The lowest BCUT2D eigenvalue weighted by molar-refractivity contribution is -0.129. The number of amides is 1. The smallest absolute Gasteiger partial charge is 0.247 e. The number of benzene rings is 1. The maximum atomic E-state index is 15.3. The SMILES string of the molecule is Nc1ccnn1-c1cc(-c2cnc([C@H]3CC[C@@H]4CC(c5c(-n6cnnn6)ccc(Cl)c5F)=CC(=O)N43)[nH]2)ccn1. The van der Waals surface area contributed by atoms with Crippen LogP contribution in [0.1, 0.15) is 36.7 Å². The summed E-state index contributed by atoms with van der Waals surface area (Å²) in [6.07, 6.45) is 9.79. The summed E-state index contributed by atoms with van der Waals surface area (Å²) in [6.45, 7) is 0. The molecule has 0 bridgehead atoms. The molecule has 4 aromatic heterocycles. The quantitative estimate of drug-likeness (QED) is 0.333. The van der Waals surface area contributed by atoms with Gasteiger partial charge in [-0.1, -0.05) is 11.6 Å². The molecule has 5 aromatic rings. The van der Waals surface area contributed by atoms with Gasteiger partial charge in [-0.15, -0.1) is 5.10 Å². The molecule has 6 heterocycles. The van der Waals surface area contributed by atoms with Crippen LogP contribution in [0.5, 0.6) is 0 Å². The van der Waals surface area contributed by atoms with Crippen LogP contribution in [0.25, 0.3) is 28.3 Å². The van der Waals surface area contributed by atoms with Gasteiger partial charge in [0.15, 0.2) is 11.6 Å². The molecule has 7 rings (SSSR count). The molecule has 14 heteroatoms. The van der Waals surface area contributed by atoms with Gasteiger partial charge in [-0.25, -0.2) is 14.4 Å². The molecule has 0 aliphatic carbocycles. The highest BCUT2D eigenvalue weighted by Gasteiger charge is 2.42. The zero-order valence-electron chi connectivity index (χ0n) is 20.8. The molecule has 1 amide bonds. The predicted octanol–water partition coefficient (Wildman–Crippen LogP) is 3.53. The van der Waals surface area contributed by atoms with Crippen LogP contribution < -0.4 is 5.73 Å². The van der Waals surface area contributed by atoms with Crippen LogP contribution in [-0.4, -0.2) is 61.8 Å². The number of nitrogen functional groups attached to an aromatic ring is 1. The van der Waals surface area contributed by atoms with Gasteiger partial charge >= 0.3 is 0 Å². The molecule has 0 radical (unpaired) electrons. The molecule has 12 nitrogen and oxygen atoms in total. The summed E-state index contributed by atoms with van der Waals surface area (Å²) in [5.41, 5.74) is 8.81. The van der Waals surface area contributed by atoms with Crippen molar-refractivity contribution >= 4 is 28.9 Å². The van der Waals surface area contributed by atoms with Gasteiger partial charge in [0.25, 0.3) is 0 Å². The fourth-order valence-corrected chi connectivity index (χ4v) is 5.72. The number of pyridine rings is 1. The molecule has 40 heavy (non-hydrogen) atoms. The first-order valence-corrected chi connectivity index (χ1v) is 12.9. The Kier molecular flexibility index (Phi) is 5.66. The van der Waals surface area contributed by atoms with Crippen molar-refractivity contribution in [3.63, 3.8) is 0 Å². The average molecular weight is 558 g/mol. The molecule has 1 fully saturated rings. The molecule has 0 spiro atoms. The molecule has 1 aromatic carbocycles. The third-order valence-corrected chi connectivity index (χ3v) is 7.65. The minimum absolute atomic E-state index is 0.0375. The van der Waals surface area contributed by atoms with Crippen LogP contribution >= 0.6 is 11.6 Å². The van der Waals surface area contributed by atoms with E-state index in [1.54, 1.807) is 35.4 Å². The van der Waals surface area contributed by atoms with Crippen molar-refractivity contribution in [3.05, 3.63) is 83.6 Å². The van der Waals surface area contributed by atoms with E-state index in [1.165, 1.54) is 23.2 Å². The van der Waals surface area contributed by atoms with E-state index in [1.807, 2.05) is 17.0 Å². The van der Waals surface area contributed by atoms with E-state index < -0.39 is 5.82 Å². The minimum Gasteiger partial charge on any atom is -0.384 e. The van der Waals surface area contributed by atoms with Gasteiger partial charge in [0, 0.05) is 35.5 Å². The summed E-state index contributed by atoms with van der Waals surface area (Å²) in [5.74, 6) is 0.916. The molecule has 2 atom stereocenters. The number of nitrogens with zero attached hydrogens (tertiary/aromatic N) is 9. The van der Waals surface area contributed by atoms with Crippen molar-refractivity contribution in [2.75, 3.05) is 5.73 Å². The van der Waals surface area contributed by atoms with Gasteiger partial charge in [-0.05, 0) is 59.5 Å².